The summed E-state index contributed by atoms with van der Waals surface area (Å²) in [6, 6.07) is 0. The molecule has 0 aliphatic carbocycles. The maximum Gasteiger partial charge on any atom is 0.294 e. The maximum atomic E-state index is 11.5. The quantitative estimate of drug-likeness (QED) is 0.510. The van der Waals surface area contributed by atoms with Gasteiger partial charge in [-0.15, -0.1) is 0 Å². The molecule has 0 spiro atoms. The van der Waals surface area contributed by atoms with Crippen LogP contribution in [0.5, 0.6) is 0 Å². The number of halogens is 2. The van der Waals surface area contributed by atoms with E-state index in [0.717, 1.165) is 0 Å². The van der Waals surface area contributed by atoms with Crippen molar-refractivity contribution in [2.45, 2.75) is 12.8 Å². The largest absolute Gasteiger partial charge is 0.492 e. The van der Waals surface area contributed by atoms with Crippen LogP contribution in [0.1, 0.15) is 6.42 Å². The number of alkyl halides is 2. The van der Waals surface area contributed by atoms with Crippen LogP contribution >= 0.6 is 0 Å². The molecule has 1 heterocycles. The first-order chi connectivity index (χ1) is 3.80. The summed E-state index contributed by atoms with van der Waals surface area (Å²) in [7, 11) is 0. The molecule has 0 N–H and O–H groups in total. The summed E-state index contributed by atoms with van der Waals surface area (Å²) in [5.41, 5.74) is 0. The molecule has 0 unspecified atom stereocenters. The Labute approximate surface area is 45.9 Å². The first-order valence-corrected chi connectivity index (χ1v) is 2.41. The highest BCUT2D eigenvalue weighted by Gasteiger charge is 2.15. The van der Waals surface area contributed by atoms with Crippen LogP contribution < -0.4 is 0 Å². The number of ether oxygens (including phenoxy) is 1. The molecule has 0 bridgehead atoms. The highest BCUT2D eigenvalue weighted by atomic mass is 19.3. The summed E-state index contributed by atoms with van der Waals surface area (Å²) in [5, 5.41) is 0. The third-order valence-electron chi connectivity index (χ3n) is 0.947. The molecule has 0 atom stereocenters. The van der Waals surface area contributed by atoms with E-state index in [1.54, 1.807) is 0 Å². The first-order valence-electron chi connectivity index (χ1n) is 2.41. The highest BCUT2D eigenvalue weighted by molar-refractivity contribution is 5.00. The van der Waals surface area contributed by atoms with E-state index in [2.05, 4.69) is 4.74 Å². The van der Waals surface area contributed by atoms with E-state index < -0.39 is 6.43 Å². The molecule has 0 fully saturated rings. The monoisotopic (exact) mass is 120 g/mol. The average Bonchev–Trinajstić information content (AvgIpc) is 2.12. The fourth-order valence-electron chi connectivity index (χ4n) is 0.589. The summed E-state index contributed by atoms with van der Waals surface area (Å²) >= 11 is 0. The SMILES string of the molecule is FC(F)C1=CCCO1. The van der Waals surface area contributed by atoms with Crippen molar-refractivity contribution in [2.24, 2.45) is 0 Å². The van der Waals surface area contributed by atoms with Gasteiger partial charge in [-0.05, 0) is 6.08 Å². The third-order valence-corrected chi connectivity index (χ3v) is 0.947. The Morgan fingerprint density at radius 2 is 2.38 bits per heavy atom. The van der Waals surface area contributed by atoms with Gasteiger partial charge in [-0.1, -0.05) is 0 Å². The molecule has 46 valence electrons. The van der Waals surface area contributed by atoms with E-state index in [4.69, 9.17) is 0 Å². The van der Waals surface area contributed by atoms with Crippen molar-refractivity contribution in [3.05, 3.63) is 11.8 Å². The lowest BCUT2D eigenvalue weighted by Crippen LogP contribution is -1.95. The number of hydrogen-bond acceptors (Lipinski definition) is 1. The van der Waals surface area contributed by atoms with Gasteiger partial charge in [-0.2, -0.15) is 0 Å². The van der Waals surface area contributed by atoms with Crippen LogP contribution in [-0.4, -0.2) is 13.0 Å². The van der Waals surface area contributed by atoms with Crippen LogP contribution in [0.25, 0.3) is 0 Å². The normalized spacial score (nSPS) is 18.6. The van der Waals surface area contributed by atoms with Gasteiger partial charge in [0.1, 0.15) is 0 Å². The minimum Gasteiger partial charge on any atom is -0.492 e. The van der Waals surface area contributed by atoms with Crippen LogP contribution in [0, 0.1) is 0 Å². The summed E-state index contributed by atoms with van der Waals surface area (Å²) in [5.74, 6) is -0.162. The van der Waals surface area contributed by atoms with Crippen molar-refractivity contribution < 1.29 is 13.5 Å². The van der Waals surface area contributed by atoms with E-state index in [0.29, 0.717) is 13.0 Å². The molecule has 1 aliphatic rings. The van der Waals surface area contributed by atoms with Gasteiger partial charge in [0.05, 0.1) is 6.61 Å². The van der Waals surface area contributed by atoms with Gasteiger partial charge in [0, 0.05) is 6.42 Å². The lowest BCUT2D eigenvalue weighted by Gasteiger charge is -1.98. The molecular weight excluding hydrogens is 114 g/mol. The number of hydrogen-bond donors (Lipinski definition) is 0. The van der Waals surface area contributed by atoms with Crippen molar-refractivity contribution in [3.8, 4) is 0 Å². The lowest BCUT2D eigenvalue weighted by molar-refractivity contribution is 0.0976. The van der Waals surface area contributed by atoms with Crippen molar-refractivity contribution in [2.75, 3.05) is 6.61 Å². The Kier molecular flexibility index (Phi) is 1.46. The zero-order valence-electron chi connectivity index (χ0n) is 4.23. The standard InChI is InChI=1S/C5H6F2O/c6-5(7)4-2-1-3-8-4/h2,5H,1,3H2. The minimum atomic E-state index is -2.42. The molecule has 0 saturated carbocycles. The summed E-state index contributed by atoms with van der Waals surface area (Å²) < 4.78 is 27.6. The van der Waals surface area contributed by atoms with E-state index in [1.807, 2.05) is 0 Å². The molecule has 0 amide bonds. The summed E-state index contributed by atoms with van der Waals surface area (Å²) in [4.78, 5) is 0. The highest BCUT2D eigenvalue weighted by Crippen LogP contribution is 2.16. The van der Waals surface area contributed by atoms with Crippen LogP contribution in [0.2, 0.25) is 0 Å². The molecule has 0 aromatic heterocycles. The second-order valence-electron chi connectivity index (χ2n) is 1.54. The second-order valence-corrected chi connectivity index (χ2v) is 1.54. The summed E-state index contributed by atoms with van der Waals surface area (Å²) in [6.45, 7) is 0.416. The zero-order chi connectivity index (χ0) is 5.98. The molecule has 1 aliphatic heterocycles. The molecular formula is C5H6F2O. The van der Waals surface area contributed by atoms with Gasteiger partial charge < -0.3 is 4.74 Å². The lowest BCUT2D eigenvalue weighted by atomic mass is 10.4. The van der Waals surface area contributed by atoms with Crippen LogP contribution in [-0.2, 0) is 4.74 Å². The van der Waals surface area contributed by atoms with E-state index in [-0.39, 0.29) is 5.76 Å². The molecule has 0 radical (unpaired) electrons. The Balaban J connectivity index is 2.45. The van der Waals surface area contributed by atoms with Crippen LogP contribution in [0.4, 0.5) is 8.78 Å². The van der Waals surface area contributed by atoms with E-state index >= 15 is 0 Å². The first kappa shape index (κ1) is 5.54. The Morgan fingerprint density at radius 1 is 1.62 bits per heavy atom. The number of rotatable bonds is 1. The Morgan fingerprint density at radius 3 is 2.62 bits per heavy atom. The van der Waals surface area contributed by atoms with Gasteiger partial charge in [-0.3, -0.25) is 0 Å². The van der Waals surface area contributed by atoms with Crippen molar-refractivity contribution in [1.82, 2.24) is 0 Å². The predicted molar refractivity (Wildman–Crippen MR) is 24.7 cm³/mol. The fourth-order valence-corrected chi connectivity index (χ4v) is 0.589. The Hall–Kier alpha value is -0.600. The second kappa shape index (κ2) is 2.11. The van der Waals surface area contributed by atoms with E-state index in [9.17, 15) is 8.78 Å². The van der Waals surface area contributed by atoms with Crippen molar-refractivity contribution >= 4 is 0 Å². The van der Waals surface area contributed by atoms with Gasteiger partial charge in [0.2, 0.25) is 0 Å². The summed E-state index contributed by atoms with van der Waals surface area (Å²) in [6.07, 6.45) is -0.373. The number of allylic oxidation sites excluding steroid dienone is 1. The maximum absolute atomic E-state index is 11.5. The van der Waals surface area contributed by atoms with Gasteiger partial charge in [0.25, 0.3) is 6.43 Å². The third kappa shape index (κ3) is 0.967. The van der Waals surface area contributed by atoms with Crippen molar-refractivity contribution in [3.63, 3.8) is 0 Å². The smallest absolute Gasteiger partial charge is 0.294 e. The minimum absolute atomic E-state index is 0.162. The zero-order valence-corrected chi connectivity index (χ0v) is 4.23. The van der Waals surface area contributed by atoms with Gasteiger partial charge >= 0.3 is 0 Å². The van der Waals surface area contributed by atoms with Crippen LogP contribution in [0.3, 0.4) is 0 Å². The molecule has 1 rings (SSSR count). The molecule has 3 heteroatoms. The molecule has 8 heavy (non-hydrogen) atoms. The predicted octanol–water partition coefficient (Wildman–Crippen LogP) is 1.56. The van der Waals surface area contributed by atoms with Gasteiger partial charge in [-0.25, -0.2) is 8.78 Å². The molecule has 0 aromatic rings. The Bertz CT molecular complexity index is 109. The molecule has 1 nitrogen and oxygen atoms in total. The van der Waals surface area contributed by atoms with Gasteiger partial charge in [0.15, 0.2) is 5.76 Å². The molecule has 0 saturated heterocycles. The topological polar surface area (TPSA) is 9.23 Å². The fraction of sp³-hybridized carbons (Fsp3) is 0.600. The average molecular weight is 120 g/mol. The van der Waals surface area contributed by atoms with E-state index in [1.165, 1.54) is 6.08 Å². The van der Waals surface area contributed by atoms with Crippen LogP contribution in [0.15, 0.2) is 11.8 Å². The van der Waals surface area contributed by atoms with Crippen molar-refractivity contribution in [1.29, 1.82) is 0 Å². The molecule has 0 aromatic carbocycles.